The molecule has 0 spiro atoms. The van der Waals surface area contributed by atoms with E-state index in [1.165, 1.54) is 12.3 Å². The second-order valence-corrected chi connectivity index (χ2v) is 4.52. The highest BCUT2D eigenvalue weighted by atomic mass is 19.1. The molecule has 1 heterocycles. The van der Waals surface area contributed by atoms with Crippen LogP contribution in [-0.4, -0.2) is 24.1 Å². The van der Waals surface area contributed by atoms with Crippen molar-refractivity contribution in [3.63, 3.8) is 0 Å². The number of esters is 1. The van der Waals surface area contributed by atoms with E-state index >= 15 is 0 Å². The van der Waals surface area contributed by atoms with Gasteiger partial charge in [-0.3, -0.25) is 4.98 Å². The number of fused-ring (bicyclic) bond motifs is 1. The molecule has 4 nitrogen and oxygen atoms in total. The molecule has 0 amide bonds. The van der Waals surface area contributed by atoms with Gasteiger partial charge < -0.3 is 10.1 Å². The van der Waals surface area contributed by atoms with Gasteiger partial charge in [0.15, 0.2) is 0 Å². The van der Waals surface area contributed by atoms with E-state index in [2.05, 4.69) is 16.9 Å². The second-order valence-electron chi connectivity index (χ2n) is 4.52. The summed E-state index contributed by atoms with van der Waals surface area (Å²) in [6.07, 6.45) is 3.00. The summed E-state index contributed by atoms with van der Waals surface area (Å²) in [5.41, 5.74) is 1.88. The van der Waals surface area contributed by atoms with Gasteiger partial charge in [0.1, 0.15) is 16.9 Å². The van der Waals surface area contributed by atoms with E-state index in [1.54, 1.807) is 19.1 Å². The zero-order valence-electron chi connectivity index (χ0n) is 12.1. The highest BCUT2D eigenvalue weighted by Crippen LogP contribution is 2.30. The quantitative estimate of drug-likeness (QED) is 0.676. The Kier molecular flexibility index (Phi) is 4.52. The molecule has 0 aliphatic heterocycles. The molecule has 1 aromatic carbocycles. The molecule has 110 valence electrons. The third-order valence-electron chi connectivity index (χ3n) is 3.10. The number of rotatable bonds is 5. The van der Waals surface area contributed by atoms with Crippen LogP contribution in [0.2, 0.25) is 0 Å². The molecule has 0 atom stereocenters. The van der Waals surface area contributed by atoms with E-state index in [-0.39, 0.29) is 12.1 Å². The smallest absolute Gasteiger partial charge is 0.341 e. The lowest BCUT2D eigenvalue weighted by atomic mass is 10.0. The molecule has 0 fully saturated rings. The summed E-state index contributed by atoms with van der Waals surface area (Å²) < 4.78 is 19.0. The van der Waals surface area contributed by atoms with Crippen LogP contribution in [0.25, 0.3) is 10.9 Å². The lowest BCUT2D eigenvalue weighted by molar-refractivity contribution is 0.0527. The van der Waals surface area contributed by atoms with Gasteiger partial charge in [-0.2, -0.15) is 0 Å². The van der Waals surface area contributed by atoms with Gasteiger partial charge in [0.2, 0.25) is 0 Å². The van der Waals surface area contributed by atoms with Crippen LogP contribution < -0.4 is 5.32 Å². The Hall–Kier alpha value is -2.43. The summed E-state index contributed by atoms with van der Waals surface area (Å²) in [6.45, 7) is 7.92. The maximum Gasteiger partial charge on any atom is 0.341 e. The van der Waals surface area contributed by atoms with Crippen LogP contribution in [0.3, 0.4) is 0 Å². The largest absolute Gasteiger partial charge is 0.462 e. The van der Waals surface area contributed by atoms with Crippen LogP contribution in [0.1, 0.15) is 22.8 Å². The normalized spacial score (nSPS) is 10.4. The molecule has 0 radical (unpaired) electrons. The van der Waals surface area contributed by atoms with Crippen LogP contribution in [0.5, 0.6) is 0 Å². The van der Waals surface area contributed by atoms with Gasteiger partial charge in [0.25, 0.3) is 0 Å². The Morgan fingerprint density at radius 1 is 1.52 bits per heavy atom. The first kappa shape index (κ1) is 15.0. The van der Waals surface area contributed by atoms with Gasteiger partial charge in [-0.25, -0.2) is 9.18 Å². The zero-order valence-corrected chi connectivity index (χ0v) is 12.1. The minimum absolute atomic E-state index is 0.231. The fourth-order valence-electron chi connectivity index (χ4n) is 2.16. The first-order chi connectivity index (χ1) is 10.1. The summed E-state index contributed by atoms with van der Waals surface area (Å²) in [5.74, 6) is -0.908. The molecule has 2 rings (SSSR count). The number of benzene rings is 1. The number of carbonyl (C=O) groups is 1. The number of pyridine rings is 1. The molecular weight excluding hydrogens is 271 g/mol. The minimum atomic E-state index is -0.484. The van der Waals surface area contributed by atoms with Gasteiger partial charge in [0, 0.05) is 18.1 Å². The maximum absolute atomic E-state index is 13.9. The Morgan fingerprint density at radius 2 is 2.29 bits per heavy atom. The predicted octanol–water partition coefficient (Wildman–Crippen LogP) is 3.46. The average molecular weight is 288 g/mol. The van der Waals surface area contributed by atoms with Gasteiger partial charge in [0.05, 0.1) is 12.3 Å². The fraction of sp³-hybridized carbons (Fsp3) is 0.250. The standard InChI is InChI=1S/C16H17FN2O2/c1-4-8-18-14-11(16(20)21-5-2)9-19-15-12(17)7-6-10(3)13(14)15/h4,6-7,9H,1,5,8H2,2-3H3,(H,18,19). The molecule has 5 heteroatoms. The third kappa shape index (κ3) is 2.86. The molecular formula is C16H17FN2O2. The van der Waals surface area contributed by atoms with E-state index in [9.17, 15) is 9.18 Å². The lowest BCUT2D eigenvalue weighted by Gasteiger charge is -2.14. The first-order valence-electron chi connectivity index (χ1n) is 6.69. The Bertz CT molecular complexity index is 698. The SMILES string of the molecule is C=CCNc1c(C(=O)OCC)cnc2c(F)ccc(C)c12. The molecule has 1 N–H and O–H groups in total. The summed E-state index contributed by atoms with van der Waals surface area (Å²) >= 11 is 0. The van der Waals surface area contributed by atoms with Crippen molar-refractivity contribution in [2.45, 2.75) is 13.8 Å². The summed E-state index contributed by atoms with van der Waals surface area (Å²) in [4.78, 5) is 16.1. The molecule has 0 saturated carbocycles. The average Bonchev–Trinajstić information content (AvgIpc) is 2.48. The summed E-state index contributed by atoms with van der Waals surface area (Å²) in [5, 5.41) is 3.67. The Balaban J connectivity index is 2.72. The first-order valence-corrected chi connectivity index (χ1v) is 6.69. The van der Waals surface area contributed by atoms with Crippen molar-refractivity contribution in [3.05, 3.63) is 47.9 Å². The Labute approximate surface area is 122 Å². The van der Waals surface area contributed by atoms with E-state index in [0.717, 1.165) is 5.56 Å². The number of nitrogens with zero attached hydrogens (tertiary/aromatic N) is 1. The Morgan fingerprint density at radius 3 is 2.95 bits per heavy atom. The number of hydrogen-bond donors (Lipinski definition) is 1. The van der Waals surface area contributed by atoms with Gasteiger partial charge in [-0.05, 0) is 25.5 Å². The van der Waals surface area contributed by atoms with Gasteiger partial charge in [-0.15, -0.1) is 6.58 Å². The van der Waals surface area contributed by atoms with E-state index in [1.807, 2.05) is 6.92 Å². The summed E-state index contributed by atoms with van der Waals surface area (Å²) in [7, 11) is 0. The molecule has 0 unspecified atom stereocenters. The fourth-order valence-corrected chi connectivity index (χ4v) is 2.16. The van der Waals surface area contributed by atoms with Gasteiger partial charge >= 0.3 is 5.97 Å². The van der Waals surface area contributed by atoms with Crippen molar-refractivity contribution in [1.82, 2.24) is 4.98 Å². The number of nitrogens with one attached hydrogen (secondary N) is 1. The number of aryl methyl sites for hydroxylation is 1. The zero-order chi connectivity index (χ0) is 15.4. The minimum Gasteiger partial charge on any atom is -0.462 e. The maximum atomic E-state index is 13.9. The number of anilines is 1. The molecule has 0 aliphatic rings. The number of ether oxygens (including phenoxy) is 1. The van der Waals surface area contributed by atoms with Crippen molar-refractivity contribution in [1.29, 1.82) is 0 Å². The number of halogens is 1. The van der Waals surface area contributed by atoms with Crippen LogP contribution in [0, 0.1) is 12.7 Å². The van der Waals surface area contributed by atoms with Crippen molar-refractivity contribution >= 4 is 22.6 Å². The number of carbonyl (C=O) groups excluding carboxylic acids is 1. The van der Waals surface area contributed by atoms with Crippen molar-refractivity contribution in [2.24, 2.45) is 0 Å². The van der Waals surface area contributed by atoms with E-state index in [0.29, 0.717) is 23.2 Å². The molecule has 0 aliphatic carbocycles. The molecule has 0 bridgehead atoms. The highest BCUT2D eigenvalue weighted by Gasteiger charge is 2.19. The van der Waals surface area contributed by atoms with E-state index in [4.69, 9.17) is 4.74 Å². The van der Waals surface area contributed by atoms with E-state index < -0.39 is 11.8 Å². The topological polar surface area (TPSA) is 51.2 Å². The highest BCUT2D eigenvalue weighted by molar-refractivity contribution is 6.06. The number of aromatic nitrogens is 1. The monoisotopic (exact) mass is 288 g/mol. The van der Waals surface area contributed by atoms with Crippen LogP contribution in [-0.2, 0) is 4.74 Å². The predicted molar refractivity (Wildman–Crippen MR) is 81.1 cm³/mol. The molecule has 21 heavy (non-hydrogen) atoms. The van der Waals surface area contributed by atoms with Gasteiger partial charge in [-0.1, -0.05) is 12.1 Å². The number of hydrogen-bond acceptors (Lipinski definition) is 4. The third-order valence-corrected chi connectivity index (χ3v) is 3.10. The lowest BCUT2D eigenvalue weighted by Crippen LogP contribution is -2.12. The summed E-state index contributed by atoms with van der Waals surface area (Å²) in [6, 6.07) is 3.03. The van der Waals surface area contributed by atoms with Crippen molar-refractivity contribution in [2.75, 3.05) is 18.5 Å². The van der Waals surface area contributed by atoms with Crippen LogP contribution in [0.4, 0.5) is 10.1 Å². The second kappa shape index (κ2) is 6.35. The van der Waals surface area contributed by atoms with Crippen LogP contribution >= 0.6 is 0 Å². The molecule has 2 aromatic rings. The molecule has 0 saturated heterocycles. The van der Waals surface area contributed by atoms with Crippen molar-refractivity contribution in [3.8, 4) is 0 Å². The van der Waals surface area contributed by atoms with Crippen LogP contribution in [0.15, 0.2) is 31.0 Å². The molecule has 1 aromatic heterocycles. The van der Waals surface area contributed by atoms with Crippen molar-refractivity contribution < 1.29 is 13.9 Å².